The number of rotatable bonds is 20. The van der Waals surface area contributed by atoms with E-state index in [0.717, 1.165) is 38.5 Å². The maximum Gasteiger partial charge on any atom is 0.187 e. The Morgan fingerprint density at radius 2 is 1.15 bits per heavy atom. The van der Waals surface area contributed by atoms with Crippen LogP contribution in [0.2, 0.25) is 0 Å². The lowest BCUT2D eigenvalue weighted by atomic mass is 9.97. The second kappa shape index (κ2) is 20.3. The topological polar surface area (TPSA) is 179 Å². The number of allylic oxidation sites excluding steroid dienone is 2. The fourth-order valence-corrected chi connectivity index (χ4v) is 5.27. The van der Waals surface area contributed by atoms with Crippen LogP contribution in [-0.4, -0.2) is 116 Å². The maximum absolute atomic E-state index is 10.7. The molecule has 2 rings (SSSR count). The minimum absolute atomic E-state index is 0.306. The molecule has 0 aliphatic carbocycles. The Morgan fingerprint density at radius 3 is 1.73 bits per heavy atom. The first-order valence-corrected chi connectivity index (χ1v) is 15.6. The molecule has 11 atom stereocenters. The molecule has 0 bridgehead atoms. The van der Waals surface area contributed by atoms with E-state index in [4.69, 9.17) is 18.9 Å². The SMILES string of the molecule is CCCCCCCC/C=C\CCCCCCC(C)OC1OC(CO)C(O)C(O)C1OC1OC(CO)C(O)C(O)C1O. The highest BCUT2D eigenvalue weighted by Crippen LogP contribution is 2.30. The Balaban J connectivity index is 1.76. The smallest absolute Gasteiger partial charge is 0.187 e. The zero-order chi connectivity index (χ0) is 30.2. The highest BCUT2D eigenvalue weighted by Gasteiger charge is 2.51. The van der Waals surface area contributed by atoms with Crippen molar-refractivity contribution in [3.8, 4) is 0 Å². The number of aliphatic hydroxyl groups is 7. The van der Waals surface area contributed by atoms with Gasteiger partial charge in [0.2, 0.25) is 0 Å². The Kier molecular flexibility index (Phi) is 18.1. The fourth-order valence-electron chi connectivity index (χ4n) is 5.27. The van der Waals surface area contributed by atoms with E-state index in [-0.39, 0.29) is 6.10 Å². The lowest BCUT2D eigenvalue weighted by molar-refractivity contribution is -0.371. The van der Waals surface area contributed by atoms with E-state index in [1.165, 1.54) is 38.5 Å². The number of unbranched alkanes of at least 4 members (excludes halogenated alkanes) is 10. The van der Waals surface area contributed by atoms with Gasteiger partial charge in [-0.3, -0.25) is 0 Å². The summed E-state index contributed by atoms with van der Waals surface area (Å²) < 4.78 is 22.8. The maximum atomic E-state index is 10.7. The molecule has 0 amide bonds. The van der Waals surface area contributed by atoms with Crippen molar-refractivity contribution in [1.82, 2.24) is 0 Å². The van der Waals surface area contributed by atoms with Gasteiger partial charge in [-0.2, -0.15) is 0 Å². The molecular weight excluding hydrogens is 536 g/mol. The van der Waals surface area contributed by atoms with Gasteiger partial charge in [-0.25, -0.2) is 0 Å². The minimum atomic E-state index is -1.70. The summed E-state index contributed by atoms with van der Waals surface area (Å²) in [6, 6.07) is 0. The molecular formula is C30H56O11. The van der Waals surface area contributed by atoms with Crippen molar-refractivity contribution in [2.45, 2.75) is 165 Å². The van der Waals surface area contributed by atoms with Crippen molar-refractivity contribution in [1.29, 1.82) is 0 Å². The lowest BCUT2D eigenvalue weighted by Gasteiger charge is -2.46. The third-order valence-corrected chi connectivity index (χ3v) is 7.95. The summed E-state index contributed by atoms with van der Waals surface area (Å²) in [5.74, 6) is 0. The molecule has 7 N–H and O–H groups in total. The second-order valence-corrected chi connectivity index (χ2v) is 11.5. The van der Waals surface area contributed by atoms with Crippen LogP contribution in [0.3, 0.4) is 0 Å². The molecule has 0 aromatic heterocycles. The molecule has 2 aliphatic heterocycles. The van der Waals surface area contributed by atoms with Gasteiger partial charge in [0, 0.05) is 0 Å². The molecule has 242 valence electrons. The fraction of sp³-hybridized carbons (Fsp3) is 0.933. The summed E-state index contributed by atoms with van der Waals surface area (Å²) in [6.07, 6.45) is 4.87. The first-order chi connectivity index (χ1) is 19.7. The van der Waals surface area contributed by atoms with Crippen LogP contribution in [0, 0.1) is 0 Å². The van der Waals surface area contributed by atoms with Crippen LogP contribution in [0.25, 0.3) is 0 Å². The van der Waals surface area contributed by atoms with Crippen molar-refractivity contribution in [2.75, 3.05) is 13.2 Å². The summed E-state index contributed by atoms with van der Waals surface area (Å²) >= 11 is 0. The van der Waals surface area contributed by atoms with E-state index in [1.807, 2.05) is 6.92 Å². The lowest BCUT2D eigenvalue weighted by Crippen LogP contribution is -2.64. The average molecular weight is 593 g/mol. The van der Waals surface area contributed by atoms with Gasteiger partial charge in [0.25, 0.3) is 0 Å². The van der Waals surface area contributed by atoms with Crippen LogP contribution >= 0.6 is 0 Å². The molecule has 11 heteroatoms. The molecule has 0 aromatic carbocycles. The molecule has 2 saturated heterocycles. The predicted molar refractivity (Wildman–Crippen MR) is 152 cm³/mol. The second-order valence-electron chi connectivity index (χ2n) is 11.5. The van der Waals surface area contributed by atoms with E-state index in [1.54, 1.807) is 0 Å². The van der Waals surface area contributed by atoms with Crippen molar-refractivity contribution in [3.05, 3.63) is 12.2 Å². The Morgan fingerprint density at radius 1 is 0.634 bits per heavy atom. The van der Waals surface area contributed by atoms with Crippen molar-refractivity contribution < 1.29 is 54.7 Å². The molecule has 11 unspecified atom stereocenters. The normalized spacial score (nSPS) is 35.2. The van der Waals surface area contributed by atoms with Crippen LogP contribution < -0.4 is 0 Å². The monoisotopic (exact) mass is 592 g/mol. The summed E-state index contributed by atoms with van der Waals surface area (Å²) in [7, 11) is 0. The van der Waals surface area contributed by atoms with Gasteiger partial charge in [-0.15, -0.1) is 0 Å². The quantitative estimate of drug-likeness (QED) is 0.0808. The van der Waals surface area contributed by atoms with Gasteiger partial charge in [-0.05, 0) is 39.0 Å². The molecule has 2 aliphatic rings. The molecule has 41 heavy (non-hydrogen) atoms. The van der Waals surface area contributed by atoms with E-state index in [0.29, 0.717) is 6.42 Å². The van der Waals surface area contributed by atoms with Gasteiger partial charge in [0.05, 0.1) is 19.3 Å². The highest BCUT2D eigenvalue weighted by atomic mass is 16.8. The number of hydrogen-bond acceptors (Lipinski definition) is 11. The van der Waals surface area contributed by atoms with Crippen molar-refractivity contribution in [3.63, 3.8) is 0 Å². The van der Waals surface area contributed by atoms with E-state index >= 15 is 0 Å². The standard InChI is InChI=1S/C30H56O11/c1-3-4-5-6-7-8-9-10-11-12-13-14-15-16-17-20(2)38-30-28(26(36)24(34)22(19-32)40-30)41-29-27(37)25(35)23(33)21(18-31)39-29/h10-11,20-37H,3-9,12-19H2,1-2H3/b11-10-. The number of ether oxygens (including phenoxy) is 4. The Labute approximate surface area is 245 Å². The predicted octanol–water partition coefficient (Wildman–Crippen LogP) is 1.66. The van der Waals surface area contributed by atoms with Gasteiger partial charge >= 0.3 is 0 Å². The third kappa shape index (κ3) is 12.1. The van der Waals surface area contributed by atoms with E-state index in [2.05, 4.69) is 19.1 Å². The molecule has 0 aromatic rings. The van der Waals surface area contributed by atoms with E-state index in [9.17, 15) is 35.7 Å². The van der Waals surface area contributed by atoms with Gasteiger partial charge in [0.1, 0.15) is 48.8 Å². The molecule has 2 heterocycles. The summed E-state index contributed by atoms with van der Waals surface area (Å²) in [5.41, 5.74) is 0. The molecule has 0 saturated carbocycles. The van der Waals surface area contributed by atoms with Crippen molar-refractivity contribution in [2.24, 2.45) is 0 Å². The summed E-state index contributed by atoms with van der Waals surface area (Å²) in [4.78, 5) is 0. The molecule has 2 fully saturated rings. The van der Waals surface area contributed by atoms with Crippen LogP contribution in [0.5, 0.6) is 0 Å². The molecule has 0 spiro atoms. The third-order valence-electron chi connectivity index (χ3n) is 7.95. The zero-order valence-corrected chi connectivity index (χ0v) is 24.9. The van der Waals surface area contributed by atoms with Crippen molar-refractivity contribution >= 4 is 0 Å². The number of aliphatic hydroxyl groups excluding tert-OH is 7. The van der Waals surface area contributed by atoms with Gasteiger partial charge in [-0.1, -0.05) is 70.4 Å². The zero-order valence-electron chi connectivity index (χ0n) is 24.9. The van der Waals surface area contributed by atoms with Crippen LogP contribution in [0.1, 0.15) is 97.3 Å². The molecule has 11 nitrogen and oxygen atoms in total. The Hall–Kier alpha value is -0.700. The summed E-state index contributed by atoms with van der Waals surface area (Å²) in [5, 5.41) is 70.6. The van der Waals surface area contributed by atoms with E-state index < -0.39 is 74.6 Å². The van der Waals surface area contributed by atoms with Crippen LogP contribution in [0.15, 0.2) is 12.2 Å². The first kappa shape index (κ1) is 36.5. The van der Waals surface area contributed by atoms with Gasteiger partial charge < -0.3 is 54.7 Å². The average Bonchev–Trinajstić information content (AvgIpc) is 2.96. The number of hydrogen-bond donors (Lipinski definition) is 7. The molecule has 0 radical (unpaired) electrons. The van der Waals surface area contributed by atoms with Crippen LogP contribution in [0.4, 0.5) is 0 Å². The minimum Gasteiger partial charge on any atom is -0.394 e. The highest BCUT2D eigenvalue weighted by molar-refractivity contribution is 4.94. The summed E-state index contributed by atoms with van der Waals surface area (Å²) in [6.45, 7) is 2.88. The van der Waals surface area contributed by atoms with Gasteiger partial charge in [0.15, 0.2) is 12.6 Å². The van der Waals surface area contributed by atoms with Crippen LogP contribution in [-0.2, 0) is 18.9 Å². The first-order valence-electron chi connectivity index (χ1n) is 15.6. The largest absolute Gasteiger partial charge is 0.394 e. The Bertz CT molecular complexity index is 693.